The summed E-state index contributed by atoms with van der Waals surface area (Å²) in [5, 5.41) is 0. The van der Waals surface area contributed by atoms with Gasteiger partial charge in [-0.05, 0) is 63.4 Å². The van der Waals surface area contributed by atoms with E-state index in [1.807, 2.05) is 24.5 Å². The summed E-state index contributed by atoms with van der Waals surface area (Å²) in [5.74, 6) is 2.51. The van der Waals surface area contributed by atoms with Crippen molar-refractivity contribution in [2.24, 2.45) is 0 Å². The van der Waals surface area contributed by atoms with Gasteiger partial charge in [-0.2, -0.15) is 0 Å². The standard InChI is InChI=1S/C25H30N6/c1-19-23-11-7-15-31(18-22-10-3-5-13-27-22)25(23)29-24(28-19)20-8-6-14-30(16-20)17-21-9-2-4-12-26-21/h2-5,9-10,12-13,20H,6-8,11,14-18H2,1H3/t20-/m1/s1. The zero-order valence-electron chi connectivity index (χ0n) is 18.2. The van der Waals surface area contributed by atoms with E-state index in [0.717, 1.165) is 80.7 Å². The molecule has 1 saturated heterocycles. The number of likely N-dealkylation sites (tertiary alicyclic amines) is 1. The molecule has 6 nitrogen and oxygen atoms in total. The lowest BCUT2D eigenvalue weighted by Crippen LogP contribution is -2.36. The number of piperidine rings is 1. The Bertz CT molecular complexity index is 1010. The molecule has 0 aromatic carbocycles. The fraction of sp³-hybridized carbons (Fsp3) is 0.440. The normalized spacial score (nSPS) is 19.3. The lowest BCUT2D eigenvalue weighted by molar-refractivity contribution is 0.194. The number of aromatic nitrogens is 4. The van der Waals surface area contributed by atoms with Crippen molar-refractivity contribution in [1.82, 2.24) is 24.8 Å². The Morgan fingerprint density at radius 2 is 1.68 bits per heavy atom. The topological polar surface area (TPSA) is 58.0 Å². The predicted octanol–water partition coefficient (Wildman–Crippen LogP) is 3.91. The summed E-state index contributed by atoms with van der Waals surface area (Å²) < 4.78 is 0. The van der Waals surface area contributed by atoms with E-state index in [2.05, 4.69) is 51.0 Å². The Morgan fingerprint density at radius 3 is 2.42 bits per heavy atom. The third kappa shape index (κ3) is 4.59. The molecule has 0 radical (unpaired) electrons. The molecule has 31 heavy (non-hydrogen) atoms. The van der Waals surface area contributed by atoms with E-state index >= 15 is 0 Å². The maximum atomic E-state index is 5.16. The van der Waals surface area contributed by atoms with Gasteiger partial charge >= 0.3 is 0 Å². The third-order valence-electron chi connectivity index (χ3n) is 6.43. The second-order valence-electron chi connectivity index (χ2n) is 8.71. The Labute approximate surface area is 184 Å². The third-order valence-corrected chi connectivity index (χ3v) is 6.43. The first-order chi connectivity index (χ1) is 15.3. The van der Waals surface area contributed by atoms with E-state index < -0.39 is 0 Å². The van der Waals surface area contributed by atoms with Crippen LogP contribution < -0.4 is 4.90 Å². The van der Waals surface area contributed by atoms with Crippen molar-refractivity contribution >= 4 is 5.82 Å². The smallest absolute Gasteiger partial charge is 0.136 e. The molecule has 1 fully saturated rings. The highest BCUT2D eigenvalue weighted by Crippen LogP contribution is 2.32. The maximum absolute atomic E-state index is 5.16. The maximum Gasteiger partial charge on any atom is 0.136 e. The number of hydrogen-bond donors (Lipinski definition) is 0. The lowest BCUT2D eigenvalue weighted by Gasteiger charge is -2.34. The molecule has 3 aromatic rings. The molecule has 0 unspecified atom stereocenters. The number of aryl methyl sites for hydroxylation is 1. The van der Waals surface area contributed by atoms with Crippen molar-refractivity contribution in [2.75, 3.05) is 24.5 Å². The van der Waals surface area contributed by atoms with Crippen LogP contribution in [0.25, 0.3) is 0 Å². The average Bonchev–Trinajstić information content (AvgIpc) is 2.81. The van der Waals surface area contributed by atoms with Crippen molar-refractivity contribution in [2.45, 2.75) is 51.6 Å². The molecular formula is C25H30N6. The summed E-state index contributed by atoms with van der Waals surface area (Å²) in [5.41, 5.74) is 4.68. The van der Waals surface area contributed by atoms with Gasteiger partial charge in [0.15, 0.2) is 0 Å². The van der Waals surface area contributed by atoms with E-state index in [1.165, 1.54) is 12.0 Å². The van der Waals surface area contributed by atoms with E-state index in [-0.39, 0.29) is 0 Å². The first-order valence-electron chi connectivity index (χ1n) is 11.4. The minimum absolute atomic E-state index is 0.375. The predicted molar refractivity (Wildman–Crippen MR) is 122 cm³/mol. The fourth-order valence-corrected chi connectivity index (χ4v) is 4.86. The molecule has 0 spiro atoms. The number of rotatable bonds is 5. The second-order valence-corrected chi connectivity index (χ2v) is 8.71. The molecule has 2 aliphatic heterocycles. The van der Waals surface area contributed by atoms with Crippen LogP contribution in [0.2, 0.25) is 0 Å². The van der Waals surface area contributed by atoms with Gasteiger partial charge in [0.1, 0.15) is 11.6 Å². The summed E-state index contributed by atoms with van der Waals surface area (Å²) in [4.78, 5) is 24.1. The van der Waals surface area contributed by atoms with Crippen LogP contribution in [-0.4, -0.2) is 44.5 Å². The highest BCUT2D eigenvalue weighted by Gasteiger charge is 2.28. The number of fused-ring (bicyclic) bond motifs is 1. The van der Waals surface area contributed by atoms with Crippen molar-refractivity contribution in [1.29, 1.82) is 0 Å². The fourth-order valence-electron chi connectivity index (χ4n) is 4.86. The summed E-state index contributed by atoms with van der Waals surface area (Å²) >= 11 is 0. The zero-order chi connectivity index (χ0) is 21.0. The number of anilines is 1. The van der Waals surface area contributed by atoms with Crippen molar-refractivity contribution in [3.63, 3.8) is 0 Å². The number of hydrogen-bond acceptors (Lipinski definition) is 6. The molecule has 160 valence electrons. The number of nitrogens with zero attached hydrogens (tertiary/aromatic N) is 6. The first kappa shape index (κ1) is 20.1. The van der Waals surface area contributed by atoms with E-state index in [9.17, 15) is 0 Å². The van der Waals surface area contributed by atoms with Crippen LogP contribution in [0, 0.1) is 6.92 Å². The van der Waals surface area contributed by atoms with E-state index in [0.29, 0.717) is 5.92 Å². The molecular weight excluding hydrogens is 384 g/mol. The van der Waals surface area contributed by atoms with Gasteiger partial charge in [0.05, 0.1) is 17.9 Å². The summed E-state index contributed by atoms with van der Waals surface area (Å²) in [6.07, 6.45) is 8.28. The SMILES string of the molecule is Cc1nc([C@@H]2CCCN(Cc3ccccn3)C2)nc2c1CCCN2Cc1ccccn1. The summed E-state index contributed by atoms with van der Waals surface area (Å²) in [7, 11) is 0. The molecule has 1 atom stereocenters. The van der Waals surface area contributed by atoms with Crippen LogP contribution in [0.4, 0.5) is 5.82 Å². The van der Waals surface area contributed by atoms with Gasteiger partial charge in [0.2, 0.25) is 0 Å². The Balaban J connectivity index is 1.37. The van der Waals surface area contributed by atoms with Crippen LogP contribution in [0.5, 0.6) is 0 Å². The van der Waals surface area contributed by atoms with Crippen molar-refractivity contribution < 1.29 is 0 Å². The van der Waals surface area contributed by atoms with Gasteiger partial charge in [-0.1, -0.05) is 12.1 Å². The quantitative estimate of drug-likeness (QED) is 0.631. The van der Waals surface area contributed by atoms with Crippen molar-refractivity contribution in [3.8, 4) is 0 Å². The average molecular weight is 415 g/mol. The highest BCUT2D eigenvalue weighted by atomic mass is 15.2. The number of pyridine rings is 2. The summed E-state index contributed by atoms with van der Waals surface area (Å²) in [6, 6.07) is 12.3. The van der Waals surface area contributed by atoms with Crippen LogP contribution in [0.15, 0.2) is 48.8 Å². The zero-order valence-corrected chi connectivity index (χ0v) is 18.2. The molecule has 0 amide bonds. The molecule has 3 aromatic heterocycles. The lowest BCUT2D eigenvalue weighted by atomic mass is 9.96. The first-order valence-corrected chi connectivity index (χ1v) is 11.4. The van der Waals surface area contributed by atoms with Crippen LogP contribution in [0.1, 0.15) is 53.7 Å². The van der Waals surface area contributed by atoms with Crippen LogP contribution >= 0.6 is 0 Å². The monoisotopic (exact) mass is 414 g/mol. The van der Waals surface area contributed by atoms with E-state index in [1.54, 1.807) is 0 Å². The molecule has 0 bridgehead atoms. The minimum Gasteiger partial charge on any atom is -0.350 e. The van der Waals surface area contributed by atoms with Gasteiger partial charge in [-0.3, -0.25) is 14.9 Å². The van der Waals surface area contributed by atoms with Gasteiger partial charge in [0, 0.05) is 49.2 Å². The largest absolute Gasteiger partial charge is 0.350 e. The molecule has 6 heteroatoms. The Morgan fingerprint density at radius 1 is 0.903 bits per heavy atom. The van der Waals surface area contributed by atoms with Crippen LogP contribution in [0.3, 0.4) is 0 Å². The summed E-state index contributed by atoms with van der Waals surface area (Å²) in [6.45, 7) is 6.99. The minimum atomic E-state index is 0.375. The molecule has 5 rings (SSSR count). The van der Waals surface area contributed by atoms with Gasteiger partial charge in [0.25, 0.3) is 0 Å². The van der Waals surface area contributed by atoms with Gasteiger partial charge < -0.3 is 4.90 Å². The Kier molecular flexibility index (Phi) is 5.89. The van der Waals surface area contributed by atoms with Crippen LogP contribution in [-0.2, 0) is 19.5 Å². The van der Waals surface area contributed by atoms with Gasteiger partial charge in [-0.25, -0.2) is 9.97 Å². The Hall–Kier alpha value is -2.86. The molecule has 5 heterocycles. The van der Waals surface area contributed by atoms with Gasteiger partial charge in [-0.15, -0.1) is 0 Å². The molecule has 0 N–H and O–H groups in total. The van der Waals surface area contributed by atoms with E-state index in [4.69, 9.17) is 9.97 Å². The second kappa shape index (κ2) is 9.10. The molecule has 2 aliphatic rings. The van der Waals surface area contributed by atoms with Crippen molar-refractivity contribution in [3.05, 3.63) is 77.3 Å². The molecule has 0 saturated carbocycles. The highest BCUT2D eigenvalue weighted by molar-refractivity contribution is 5.51. The molecule has 0 aliphatic carbocycles.